The minimum Gasteiger partial charge on any atom is -0.483 e. The quantitative estimate of drug-likeness (QED) is 0.770. The minimum atomic E-state index is -0.0712. The van der Waals surface area contributed by atoms with Gasteiger partial charge in [0.2, 0.25) is 0 Å². The molecule has 2 aromatic rings. The van der Waals surface area contributed by atoms with E-state index in [1.807, 2.05) is 19.9 Å². The van der Waals surface area contributed by atoms with E-state index in [4.69, 9.17) is 4.74 Å². The summed E-state index contributed by atoms with van der Waals surface area (Å²) in [7, 11) is 0. The van der Waals surface area contributed by atoms with E-state index in [-0.39, 0.29) is 18.6 Å². The van der Waals surface area contributed by atoms with Crippen molar-refractivity contribution in [2.45, 2.75) is 65.8 Å². The number of carbonyl (C=O) groups is 1. The summed E-state index contributed by atoms with van der Waals surface area (Å²) >= 11 is 0. The molecule has 0 bridgehead atoms. The Labute approximate surface area is 163 Å². The lowest BCUT2D eigenvalue weighted by Gasteiger charge is -2.22. The summed E-state index contributed by atoms with van der Waals surface area (Å²) in [5, 5.41) is 3.14. The van der Waals surface area contributed by atoms with Crippen molar-refractivity contribution in [2.75, 3.05) is 6.61 Å². The van der Waals surface area contributed by atoms with Crippen molar-refractivity contribution in [3.05, 3.63) is 63.7 Å². The molecule has 3 rings (SSSR count). The molecule has 3 heteroatoms. The van der Waals surface area contributed by atoms with Crippen LogP contribution in [0.5, 0.6) is 5.75 Å². The van der Waals surface area contributed by atoms with Gasteiger partial charge in [-0.15, -0.1) is 0 Å². The monoisotopic (exact) mass is 365 g/mol. The number of amides is 1. The average molecular weight is 366 g/mol. The third-order valence-corrected chi connectivity index (χ3v) is 5.64. The topological polar surface area (TPSA) is 38.3 Å². The van der Waals surface area contributed by atoms with E-state index in [0.717, 1.165) is 29.7 Å². The molecule has 1 amide bonds. The largest absolute Gasteiger partial charge is 0.483 e. The predicted octanol–water partition coefficient (Wildman–Crippen LogP) is 5.14. The number of aryl methyl sites for hydroxylation is 4. The van der Waals surface area contributed by atoms with Crippen LogP contribution < -0.4 is 10.1 Å². The zero-order valence-corrected chi connectivity index (χ0v) is 17.0. The Morgan fingerprint density at radius 1 is 1.07 bits per heavy atom. The van der Waals surface area contributed by atoms with E-state index in [9.17, 15) is 4.79 Å². The van der Waals surface area contributed by atoms with Crippen LogP contribution in [0.15, 0.2) is 30.3 Å². The Morgan fingerprint density at radius 3 is 2.56 bits per heavy atom. The van der Waals surface area contributed by atoms with Crippen LogP contribution in [0.2, 0.25) is 0 Å². The highest BCUT2D eigenvalue weighted by atomic mass is 16.5. The van der Waals surface area contributed by atoms with Gasteiger partial charge in [-0.3, -0.25) is 4.79 Å². The molecule has 144 valence electrons. The second kappa shape index (κ2) is 8.60. The lowest BCUT2D eigenvalue weighted by molar-refractivity contribution is -0.123. The maximum absolute atomic E-state index is 12.5. The van der Waals surface area contributed by atoms with Crippen molar-refractivity contribution in [1.29, 1.82) is 0 Å². The van der Waals surface area contributed by atoms with Crippen LogP contribution in [0.3, 0.4) is 0 Å². The zero-order chi connectivity index (χ0) is 19.4. The van der Waals surface area contributed by atoms with E-state index < -0.39 is 0 Å². The summed E-state index contributed by atoms with van der Waals surface area (Å²) in [6.45, 7) is 8.30. The number of rotatable bonds is 6. The molecule has 0 fully saturated rings. The lowest BCUT2D eigenvalue weighted by atomic mass is 9.89. The van der Waals surface area contributed by atoms with Gasteiger partial charge in [-0.2, -0.15) is 0 Å². The molecule has 0 unspecified atom stereocenters. The Kier molecular flexibility index (Phi) is 6.20. The summed E-state index contributed by atoms with van der Waals surface area (Å²) < 4.78 is 5.82. The van der Waals surface area contributed by atoms with Gasteiger partial charge in [0, 0.05) is 0 Å². The Hall–Kier alpha value is -2.29. The Morgan fingerprint density at radius 2 is 1.81 bits per heavy atom. The minimum absolute atomic E-state index is 0.0358. The SMILES string of the molecule is CC[C@@H](NC(=O)COc1cc(C)cc(C)c1C)c1ccc2c(c1)CCCC2. The highest BCUT2D eigenvalue weighted by Gasteiger charge is 2.17. The second-order valence-corrected chi connectivity index (χ2v) is 7.76. The Balaban J connectivity index is 1.64. The summed E-state index contributed by atoms with van der Waals surface area (Å²) in [4.78, 5) is 12.5. The molecule has 27 heavy (non-hydrogen) atoms. The van der Waals surface area contributed by atoms with Crippen LogP contribution in [0, 0.1) is 20.8 Å². The van der Waals surface area contributed by atoms with Gasteiger partial charge in [0.15, 0.2) is 6.61 Å². The van der Waals surface area contributed by atoms with Gasteiger partial charge < -0.3 is 10.1 Å². The van der Waals surface area contributed by atoms with Crippen molar-refractivity contribution in [1.82, 2.24) is 5.32 Å². The highest BCUT2D eigenvalue weighted by molar-refractivity contribution is 5.78. The van der Waals surface area contributed by atoms with Gasteiger partial charge >= 0.3 is 0 Å². The molecule has 2 aromatic carbocycles. The van der Waals surface area contributed by atoms with E-state index >= 15 is 0 Å². The third kappa shape index (κ3) is 4.71. The van der Waals surface area contributed by atoms with Crippen molar-refractivity contribution in [3.63, 3.8) is 0 Å². The molecule has 0 heterocycles. The maximum atomic E-state index is 12.5. The maximum Gasteiger partial charge on any atom is 0.258 e. The molecule has 0 saturated heterocycles. The van der Waals surface area contributed by atoms with Crippen LogP contribution in [-0.2, 0) is 17.6 Å². The van der Waals surface area contributed by atoms with Crippen LogP contribution in [0.4, 0.5) is 0 Å². The van der Waals surface area contributed by atoms with E-state index in [1.54, 1.807) is 0 Å². The van der Waals surface area contributed by atoms with Gasteiger partial charge in [-0.1, -0.05) is 31.2 Å². The molecule has 0 aromatic heterocycles. The Bertz CT molecular complexity index is 825. The van der Waals surface area contributed by atoms with E-state index in [0.29, 0.717) is 0 Å². The first kappa shape index (κ1) is 19.5. The summed E-state index contributed by atoms with van der Waals surface area (Å²) in [6, 6.07) is 10.9. The average Bonchev–Trinajstić information content (AvgIpc) is 2.67. The summed E-state index contributed by atoms with van der Waals surface area (Å²) in [5.41, 5.74) is 7.55. The van der Waals surface area contributed by atoms with Gasteiger partial charge in [0.1, 0.15) is 5.75 Å². The lowest BCUT2D eigenvalue weighted by Crippen LogP contribution is -2.32. The first-order valence-electron chi connectivity index (χ1n) is 10.1. The number of hydrogen-bond acceptors (Lipinski definition) is 2. The highest BCUT2D eigenvalue weighted by Crippen LogP contribution is 2.26. The fourth-order valence-electron chi connectivity index (χ4n) is 3.92. The fourth-order valence-corrected chi connectivity index (χ4v) is 3.92. The number of hydrogen-bond donors (Lipinski definition) is 1. The number of carbonyl (C=O) groups excluding carboxylic acids is 1. The van der Waals surface area contributed by atoms with E-state index in [1.165, 1.54) is 41.5 Å². The first-order valence-corrected chi connectivity index (χ1v) is 10.1. The molecular weight excluding hydrogens is 334 g/mol. The number of nitrogens with one attached hydrogen (secondary N) is 1. The van der Waals surface area contributed by atoms with Crippen molar-refractivity contribution in [3.8, 4) is 5.75 Å². The van der Waals surface area contributed by atoms with E-state index in [2.05, 4.69) is 43.4 Å². The van der Waals surface area contributed by atoms with Crippen molar-refractivity contribution < 1.29 is 9.53 Å². The van der Waals surface area contributed by atoms with Gasteiger partial charge in [0.25, 0.3) is 5.91 Å². The van der Waals surface area contributed by atoms with Gasteiger partial charge in [-0.25, -0.2) is 0 Å². The summed E-state index contributed by atoms with van der Waals surface area (Å²) in [5.74, 6) is 0.725. The number of fused-ring (bicyclic) bond motifs is 1. The molecular formula is C24H31NO2. The normalized spacial score (nSPS) is 14.4. The van der Waals surface area contributed by atoms with Crippen molar-refractivity contribution >= 4 is 5.91 Å². The molecule has 1 aliphatic carbocycles. The van der Waals surface area contributed by atoms with Crippen LogP contribution in [0.25, 0.3) is 0 Å². The molecule has 3 nitrogen and oxygen atoms in total. The fraction of sp³-hybridized carbons (Fsp3) is 0.458. The summed E-state index contributed by atoms with van der Waals surface area (Å²) in [6.07, 6.45) is 5.76. The number of benzene rings is 2. The van der Waals surface area contributed by atoms with Crippen LogP contribution in [-0.4, -0.2) is 12.5 Å². The molecule has 0 saturated carbocycles. The van der Waals surface area contributed by atoms with Gasteiger partial charge in [0.05, 0.1) is 6.04 Å². The van der Waals surface area contributed by atoms with Gasteiger partial charge in [-0.05, 0) is 92.3 Å². The second-order valence-electron chi connectivity index (χ2n) is 7.76. The molecule has 0 spiro atoms. The molecule has 1 aliphatic rings. The first-order chi connectivity index (χ1) is 13.0. The third-order valence-electron chi connectivity index (χ3n) is 5.64. The molecule has 1 N–H and O–H groups in total. The zero-order valence-electron chi connectivity index (χ0n) is 17.0. The standard InChI is InChI=1S/C24H31NO2/c1-5-22(21-11-10-19-8-6-7-9-20(19)14-21)25-24(26)15-27-23-13-16(2)12-17(3)18(23)4/h10-14,22H,5-9,15H2,1-4H3,(H,25,26)/t22-/m1/s1. The molecule has 0 radical (unpaired) electrons. The predicted molar refractivity (Wildman–Crippen MR) is 110 cm³/mol. The van der Waals surface area contributed by atoms with Crippen LogP contribution in [0.1, 0.15) is 65.6 Å². The van der Waals surface area contributed by atoms with Crippen molar-refractivity contribution in [2.24, 2.45) is 0 Å². The molecule has 1 atom stereocenters. The number of ether oxygens (including phenoxy) is 1. The molecule has 0 aliphatic heterocycles. The van der Waals surface area contributed by atoms with Crippen LogP contribution >= 0.6 is 0 Å². The smallest absolute Gasteiger partial charge is 0.258 e.